The SMILES string of the molecule is Nc1nc(N)c2cc(C=Cc3cccc4ccccc34)cnc2n1. The van der Waals surface area contributed by atoms with Crippen molar-refractivity contribution in [2.45, 2.75) is 0 Å². The van der Waals surface area contributed by atoms with Crippen LogP contribution in [0.15, 0.2) is 54.7 Å². The van der Waals surface area contributed by atoms with Crippen LogP contribution in [0.4, 0.5) is 11.8 Å². The van der Waals surface area contributed by atoms with Crippen molar-refractivity contribution in [1.82, 2.24) is 15.0 Å². The van der Waals surface area contributed by atoms with Crippen molar-refractivity contribution in [3.8, 4) is 0 Å². The van der Waals surface area contributed by atoms with E-state index in [1.807, 2.05) is 24.3 Å². The van der Waals surface area contributed by atoms with E-state index in [4.69, 9.17) is 11.5 Å². The topological polar surface area (TPSA) is 90.7 Å². The fourth-order valence-electron chi connectivity index (χ4n) is 2.74. The minimum Gasteiger partial charge on any atom is -0.383 e. The summed E-state index contributed by atoms with van der Waals surface area (Å²) in [6.07, 6.45) is 5.82. The molecule has 4 N–H and O–H groups in total. The van der Waals surface area contributed by atoms with Gasteiger partial charge in [0.15, 0.2) is 5.65 Å². The largest absolute Gasteiger partial charge is 0.383 e. The number of nitrogen functional groups attached to an aromatic ring is 2. The maximum atomic E-state index is 5.91. The molecule has 0 saturated carbocycles. The zero-order chi connectivity index (χ0) is 16.5. The summed E-state index contributed by atoms with van der Waals surface area (Å²) < 4.78 is 0. The number of anilines is 2. The summed E-state index contributed by atoms with van der Waals surface area (Å²) >= 11 is 0. The van der Waals surface area contributed by atoms with Gasteiger partial charge in [0.05, 0.1) is 5.39 Å². The first-order valence-corrected chi connectivity index (χ1v) is 7.55. The normalized spacial score (nSPS) is 11.5. The lowest BCUT2D eigenvalue weighted by molar-refractivity contribution is 1.20. The van der Waals surface area contributed by atoms with Crippen LogP contribution in [0.2, 0.25) is 0 Å². The quantitative estimate of drug-likeness (QED) is 0.591. The molecular formula is C19H15N5. The maximum Gasteiger partial charge on any atom is 0.224 e. The predicted octanol–water partition coefficient (Wildman–Crippen LogP) is 3.51. The zero-order valence-electron chi connectivity index (χ0n) is 12.8. The highest BCUT2D eigenvalue weighted by atomic mass is 15.1. The van der Waals surface area contributed by atoms with Crippen LogP contribution in [0.5, 0.6) is 0 Å². The Hall–Kier alpha value is -3.47. The van der Waals surface area contributed by atoms with Crippen LogP contribution in [-0.4, -0.2) is 15.0 Å². The molecule has 0 fully saturated rings. The van der Waals surface area contributed by atoms with Crippen molar-refractivity contribution < 1.29 is 0 Å². The molecule has 5 heteroatoms. The molecule has 2 heterocycles. The Morgan fingerprint density at radius 1 is 0.833 bits per heavy atom. The molecule has 5 nitrogen and oxygen atoms in total. The van der Waals surface area contributed by atoms with Crippen LogP contribution in [0.3, 0.4) is 0 Å². The third-order valence-corrected chi connectivity index (χ3v) is 3.90. The van der Waals surface area contributed by atoms with Crippen molar-refractivity contribution in [2.24, 2.45) is 0 Å². The van der Waals surface area contributed by atoms with E-state index in [0.717, 1.165) is 11.1 Å². The lowest BCUT2D eigenvalue weighted by atomic mass is 10.0. The van der Waals surface area contributed by atoms with Crippen molar-refractivity contribution >= 4 is 45.7 Å². The summed E-state index contributed by atoms with van der Waals surface area (Å²) in [5, 5.41) is 3.12. The Morgan fingerprint density at radius 2 is 1.67 bits per heavy atom. The highest BCUT2D eigenvalue weighted by Gasteiger charge is 2.05. The van der Waals surface area contributed by atoms with Gasteiger partial charge in [0.2, 0.25) is 5.95 Å². The van der Waals surface area contributed by atoms with Crippen LogP contribution >= 0.6 is 0 Å². The second kappa shape index (κ2) is 5.62. The van der Waals surface area contributed by atoms with Gasteiger partial charge in [0, 0.05) is 6.20 Å². The van der Waals surface area contributed by atoms with Gasteiger partial charge >= 0.3 is 0 Å². The summed E-state index contributed by atoms with van der Waals surface area (Å²) in [4.78, 5) is 12.4. The van der Waals surface area contributed by atoms with Gasteiger partial charge < -0.3 is 11.5 Å². The van der Waals surface area contributed by atoms with Crippen molar-refractivity contribution in [2.75, 3.05) is 11.5 Å². The van der Waals surface area contributed by atoms with Crippen LogP contribution < -0.4 is 11.5 Å². The number of rotatable bonds is 2. The number of hydrogen-bond acceptors (Lipinski definition) is 5. The molecule has 0 bridgehead atoms. The second-order valence-corrected chi connectivity index (χ2v) is 5.51. The van der Waals surface area contributed by atoms with E-state index in [9.17, 15) is 0 Å². The Kier molecular flexibility index (Phi) is 3.31. The van der Waals surface area contributed by atoms with Crippen molar-refractivity contribution in [3.63, 3.8) is 0 Å². The standard InChI is InChI=1S/C19H15N5/c20-17-16-10-12(11-22-18(16)24-19(21)23-17)8-9-14-6-3-5-13-4-1-2-7-15(13)14/h1-11H,(H4,20,21,22,23,24). The number of pyridine rings is 1. The molecule has 0 unspecified atom stereocenters. The molecule has 0 atom stereocenters. The second-order valence-electron chi connectivity index (χ2n) is 5.51. The molecule has 2 aromatic heterocycles. The smallest absolute Gasteiger partial charge is 0.224 e. The minimum atomic E-state index is 0.131. The average molecular weight is 313 g/mol. The van der Waals surface area contributed by atoms with Crippen LogP contribution in [0, 0.1) is 0 Å². The Bertz CT molecular complexity index is 1080. The predicted molar refractivity (Wildman–Crippen MR) is 99.0 cm³/mol. The van der Waals surface area contributed by atoms with Crippen molar-refractivity contribution in [1.29, 1.82) is 0 Å². The molecule has 0 spiro atoms. The van der Waals surface area contributed by atoms with Gasteiger partial charge in [-0.15, -0.1) is 0 Å². The van der Waals surface area contributed by atoms with E-state index in [1.54, 1.807) is 6.20 Å². The van der Waals surface area contributed by atoms with E-state index in [-0.39, 0.29) is 5.95 Å². The van der Waals surface area contributed by atoms with Gasteiger partial charge in [-0.3, -0.25) is 0 Å². The molecule has 0 aliphatic heterocycles. The van der Waals surface area contributed by atoms with Gasteiger partial charge in [-0.2, -0.15) is 9.97 Å². The highest BCUT2D eigenvalue weighted by molar-refractivity contribution is 5.94. The first-order chi connectivity index (χ1) is 11.7. The molecule has 24 heavy (non-hydrogen) atoms. The van der Waals surface area contributed by atoms with E-state index in [0.29, 0.717) is 16.9 Å². The number of aromatic nitrogens is 3. The fraction of sp³-hybridized carbons (Fsp3) is 0. The van der Waals surface area contributed by atoms with Gasteiger partial charge in [0.1, 0.15) is 5.82 Å². The van der Waals surface area contributed by atoms with E-state index in [2.05, 4.69) is 51.4 Å². The van der Waals surface area contributed by atoms with Crippen LogP contribution in [0.25, 0.3) is 34.0 Å². The summed E-state index contributed by atoms with van der Waals surface area (Å²) in [5.41, 5.74) is 14.1. The van der Waals surface area contributed by atoms with E-state index in [1.165, 1.54) is 10.8 Å². The lowest BCUT2D eigenvalue weighted by Crippen LogP contribution is -2.01. The first-order valence-electron chi connectivity index (χ1n) is 7.55. The van der Waals surface area contributed by atoms with Gasteiger partial charge in [-0.25, -0.2) is 4.98 Å². The van der Waals surface area contributed by atoms with Gasteiger partial charge in [-0.05, 0) is 28.0 Å². The van der Waals surface area contributed by atoms with E-state index < -0.39 is 0 Å². The Labute approximate surface area is 138 Å². The third kappa shape index (κ3) is 2.52. The van der Waals surface area contributed by atoms with Crippen LogP contribution in [-0.2, 0) is 0 Å². The highest BCUT2D eigenvalue weighted by Crippen LogP contribution is 2.22. The monoisotopic (exact) mass is 313 g/mol. The molecule has 0 aliphatic carbocycles. The fourth-order valence-corrected chi connectivity index (χ4v) is 2.74. The van der Waals surface area contributed by atoms with Crippen LogP contribution in [0.1, 0.15) is 11.1 Å². The average Bonchev–Trinajstić information content (AvgIpc) is 2.60. The Morgan fingerprint density at radius 3 is 2.58 bits per heavy atom. The third-order valence-electron chi connectivity index (χ3n) is 3.90. The molecule has 4 aromatic rings. The Balaban J connectivity index is 1.77. The minimum absolute atomic E-state index is 0.131. The molecular weight excluding hydrogens is 298 g/mol. The molecule has 0 aliphatic rings. The number of nitrogens with zero attached hydrogens (tertiary/aromatic N) is 3. The molecule has 4 rings (SSSR count). The van der Waals surface area contributed by atoms with Crippen molar-refractivity contribution in [3.05, 3.63) is 65.9 Å². The summed E-state index contributed by atoms with van der Waals surface area (Å²) in [7, 11) is 0. The molecule has 0 radical (unpaired) electrons. The maximum absolute atomic E-state index is 5.91. The summed E-state index contributed by atoms with van der Waals surface area (Å²) in [6.45, 7) is 0. The van der Waals surface area contributed by atoms with Gasteiger partial charge in [0.25, 0.3) is 0 Å². The van der Waals surface area contributed by atoms with E-state index >= 15 is 0 Å². The molecule has 2 aromatic carbocycles. The lowest BCUT2D eigenvalue weighted by Gasteiger charge is -2.03. The zero-order valence-corrected chi connectivity index (χ0v) is 12.8. The number of fused-ring (bicyclic) bond motifs is 2. The molecule has 116 valence electrons. The molecule has 0 saturated heterocycles. The number of nitrogens with two attached hydrogens (primary N) is 2. The summed E-state index contributed by atoms with van der Waals surface area (Å²) in [6, 6.07) is 16.5. The number of hydrogen-bond donors (Lipinski definition) is 2. The van der Waals surface area contributed by atoms with Gasteiger partial charge in [-0.1, -0.05) is 54.6 Å². The number of benzene rings is 2. The first kappa shape index (κ1) is 14.1. The summed E-state index contributed by atoms with van der Waals surface area (Å²) in [5.74, 6) is 0.469. The molecule has 0 amide bonds.